The van der Waals surface area contributed by atoms with Crippen LogP contribution in [0.25, 0.3) is 25.4 Å². The Bertz CT molecular complexity index is 1160. The molecule has 4 nitrogen and oxygen atoms in total. The molecule has 0 aliphatic heterocycles. The van der Waals surface area contributed by atoms with Gasteiger partial charge in [-0.25, -0.2) is 8.77 Å². The van der Waals surface area contributed by atoms with Crippen LogP contribution in [0.5, 0.6) is 0 Å². The Kier molecular flexibility index (Phi) is 2.66. The third kappa shape index (κ3) is 1.90. The van der Waals surface area contributed by atoms with Crippen LogP contribution in [-0.4, -0.2) is 13.8 Å². The Hall–Kier alpha value is -2.09. The topological polar surface area (TPSA) is 42.5 Å². The third-order valence-electron chi connectivity index (χ3n) is 3.30. The van der Waals surface area contributed by atoms with E-state index in [0.29, 0.717) is 0 Å². The summed E-state index contributed by atoms with van der Waals surface area (Å²) in [5.74, 6) is 0. The Labute approximate surface area is 136 Å². The zero-order valence-electron chi connectivity index (χ0n) is 11.1. The summed E-state index contributed by atoms with van der Waals surface area (Å²) in [6, 6.07) is 16.4. The van der Waals surface area contributed by atoms with Crippen molar-refractivity contribution >= 4 is 64.7 Å². The molecular weight excluding hydrogens is 332 g/mol. The first-order valence-electron chi connectivity index (χ1n) is 6.65. The highest BCUT2D eigenvalue weighted by Gasteiger charge is 2.07. The molecule has 106 valence electrons. The summed E-state index contributed by atoms with van der Waals surface area (Å²) in [5, 5.41) is 0.757. The normalized spacial score (nSPS) is 12.8. The van der Waals surface area contributed by atoms with E-state index in [4.69, 9.17) is 0 Å². The lowest BCUT2D eigenvalue weighted by atomic mass is 10.3. The zero-order valence-corrected chi connectivity index (χ0v) is 13.6. The Morgan fingerprint density at radius 1 is 0.864 bits per heavy atom. The lowest BCUT2D eigenvalue weighted by molar-refractivity contribution is 1.24. The Morgan fingerprint density at radius 3 is 2.59 bits per heavy atom. The van der Waals surface area contributed by atoms with Gasteiger partial charge in [-0.3, -0.25) is 0 Å². The first-order valence-corrected chi connectivity index (χ1v) is 9.05. The number of aromatic nitrogens is 3. The largest absolute Gasteiger partial charge is 0.236 e. The van der Waals surface area contributed by atoms with Crippen LogP contribution in [-0.2, 0) is 0 Å². The maximum atomic E-state index is 4.62. The van der Waals surface area contributed by atoms with Crippen LogP contribution in [0, 0.1) is 0 Å². The highest BCUT2D eigenvalue weighted by atomic mass is 32.1. The predicted octanol–water partition coefficient (Wildman–Crippen LogP) is 4.45. The maximum absolute atomic E-state index is 4.62. The molecule has 0 unspecified atom stereocenters. The number of hydrogen-bond acceptors (Lipinski definition) is 6. The SMILES string of the molecule is c1ccc2sc(/N=c3/nc4sc5ccccc5n4s3)nc2c1. The van der Waals surface area contributed by atoms with E-state index < -0.39 is 0 Å². The molecule has 0 fully saturated rings. The van der Waals surface area contributed by atoms with Crippen molar-refractivity contribution in [3.05, 3.63) is 53.3 Å². The monoisotopic (exact) mass is 340 g/mol. The molecule has 5 rings (SSSR count). The summed E-state index contributed by atoms with van der Waals surface area (Å²) < 4.78 is 4.53. The minimum Gasteiger partial charge on any atom is -0.236 e. The van der Waals surface area contributed by atoms with Gasteiger partial charge in [-0.05, 0) is 35.8 Å². The van der Waals surface area contributed by atoms with Crippen LogP contribution in [0.4, 0.5) is 5.13 Å². The van der Waals surface area contributed by atoms with Crippen molar-refractivity contribution in [2.24, 2.45) is 4.99 Å². The molecule has 0 atom stereocenters. The van der Waals surface area contributed by atoms with Crippen LogP contribution in [0.15, 0.2) is 53.5 Å². The second-order valence-corrected chi connectivity index (χ2v) is 7.64. The van der Waals surface area contributed by atoms with Gasteiger partial charge in [0.1, 0.15) is 0 Å². The quantitative estimate of drug-likeness (QED) is 0.452. The van der Waals surface area contributed by atoms with Crippen molar-refractivity contribution in [2.75, 3.05) is 0 Å². The maximum Gasteiger partial charge on any atom is 0.231 e. The molecule has 3 aromatic heterocycles. The van der Waals surface area contributed by atoms with Gasteiger partial charge in [-0.1, -0.05) is 46.9 Å². The summed E-state index contributed by atoms with van der Waals surface area (Å²) in [5.41, 5.74) is 2.17. The molecule has 5 aromatic rings. The average molecular weight is 340 g/mol. The van der Waals surface area contributed by atoms with Crippen molar-refractivity contribution in [2.45, 2.75) is 0 Å². The smallest absolute Gasteiger partial charge is 0.231 e. The molecule has 0 saturated heterocycles. The number of nitrogens with zero attached hydrogens (tertiary/aromatic N) is 4. The summed E-state index contributed by atoms with van der Waals surface area (Å²) in [7, 11) is 0. The van der Waals surface area contributed by atoms with E-state index in [0.717, 1.165) is 25.1 Å². The van der Waals surface area contributed by atoms with Gasteiger partial charge in [-0.2, -0.15) is 9.98 Å². The number of hydrogen-bond donors (Lipinski definition) is 0. The van der Waals surface area contributed by atoms with Crippen LogP contribution in [0.2, 0.25) is 0 Å². The van der Waals surface area contributed by atoms with Gasteiger partial charge in [0.05, 0.1) is 20.4 Å². The highest BCUT2D eigenvalue weighted by molar-refractivity contribution is 7.25. The van der Waals surface area contributed by atoms with E-state index in [1.54, 1.807) is 34.2 Å². The van der Waals surface area contributed by atoms with E-state index >= 15 is 0 Å². The van der Waals surface area contributed by atoms with Gasteiger partial charge in [0.15, 0.2) is 0 Å². The van der Waals surface area contributed by atoms with Gasteiger partial charge in [-0.15, -0.1) is 0 Å². The fourth-order valence-electron chi connectivity index (χ4n) is 2.33. The molecule has 0 aliphatic rings. The fraction of sp³-hybridized carbons (Fsp3) is 0. The van der Waals surface area contributed by atoms with E-state index in [9.17, 15) is 0 Å². The lowest BCUT2D eigenvalue weighted by Crippen LogP contribution is -1.94. The molecule has 0 N–H and O–H groups in total. The summed E-state index contributed by atoms with van der Waals surface area (Å²) in [6.07, 6.45) is 0. The molecule has 7 heteroatoms. The number of thiazole rings is 2. The minimum absolute atomic E-state index is 0.746. The van der Waals surface area contributed by atoms with Gasteiger partial charge >= 0.3 is 0 Å². The third-order valence-corrected chi connectivity index (χ3v) is 6.26. The molecule has 0 amide bonds. The molecule has 2 aromatic carbocycles. The molecular formula is C15H8N4S3. The van der Waals surface area contributed by atoms with Gasteiger partial charge < -0.3 is 0 Å². The highest BCUT2D eigenvalue weighted by Crippen LogP contribution is 2.28. The summed E-state index contributed by atoms with van der Waals surface area (Å²) in [6.45, 7) is 0. The van der Waals surface area contributed by atoms with E-state index in [2.05, 4.69) is 43.0 Å². The fourth-order valence-corrected chi connectivity index (χ4v) is 5.28. The van der Waals surface area contributed by atoms with Crippen LogP contribution >= 0.6 is 34.2 Å². The van der Waals surface area contributed by atoms with E-state index in [1.807, 2.05) is 24.3 Å². The number of rotatable bonds is 1. The second kappa shape index (κ2) is 4.70. The van der Waals surface area contributed by atoms with Gasteiger partial charge in [0, 0.05) is 0 Å². The average Bonchev–Trinajstić information content (AvgIpc) is 3.18. The van der Waals surface area contributed by atoms with Crippen molar-refractivity contribution in [3.63, 3.8) is 0 Å². The van der Waals surface area contributed by atoms with Crippen molar-refractivity contribution in [3.8, 4) is 0 Å². The first kappa shape index (κ1) is 12.5. The van der Waals surface area contributed by atoms with Crippen molar-refractivity contribution in [1.82, 2.24) is 13.8 Å². The summed E-state index contributed by atoms with van der Waals surface area (Å²) in [4.78, 5) is 15.5. The zero-order chi connectivity index (χ0) is 14.5. The molecule has 0 radical (unpaired) electrons. The molecule has 22 heavy (non-hydrogen) atoms. The number of fused-ring (bicyclic) bond motifs is 4. The van der Waals surface area contributed by atoms with E-state index in [1.165, 1.54) is 10.2 Å². The number of para-hydroxylation sites is 2. The Balaban J connectivity index is 1.71. The predicted molar refractivity (Wildman–Crippen MR) is 93.3 cm³/mol. The molecule has 0 saturated carbocycles. The van der Waals surface area contributed by atoms with E-state index in [-0.39, 0.29) is 0 Å². The van der Waals surface area contributed by atoms with Crippen molar-refractivity contribution in [1.29, 1.82) is 0 Å². The number of benzene rings is 2. The molecule has 0 spiro atoms. The summed E-state index contributed by atoms with van der Waals surface area (Å²) >= 11 is 4.83. The standard InChI is InChI=1S/C15H8N4S3/c1-3-7-11-9(5-1)16-13(20-11)17-14-18-15-19(22-14)10-6-2-4-8-12(10)21-15/h1-8H/b17-14-. The van der Waals surface area contributed by atoms with Crippen LogP contribution < -0.4 is 4.80 Å². The van der Waals surface area contributed by atoms with Crippen molar-refractivity contribution < 1.29 is 0 Å². The minimum atomic E-state index is 0.746. The Morgan fingerprint density at radius 2 is 1.68 bits per heavy atom. The molecule has 0 aliphatic carbocycles. The lowest BCUT2D eigenvalue weighted by Gasteiger charge is -1.86. The first-order chi connectivity index (χ1) is 10.9. The van der Waals surface area contributed by atoms with Crippen LogP contribution in [0.1, 0.15) is 0 Å². The molecule has 0 bridgehead atoms. The molecule has 3 heterocycles. The van der Waals surface area contributed by atoms with Gasteiger partial charge in [0.25, 0.3) is 0 Å². The second-order valence-electron chi connectivity index (χ2n) is 4.71. The van der Waals surface area contributed by atoms with Gasteiger partial charge in [0.2, 0.25) is 14.9 Å². The van der Waals surface area contributed by atoms with Crippen LogP contribution in [0.3, 0.4) is 0 Å².